The highest BCUT2D eigenvalue weighted by molar-refractivity contribution is 7.89. The van der Waals surface area contributed by atoms with E-state index in [2.05, 4.69) is 50.9 Å². The lowest BCUT2D eigenvalue weighted by atomic mass is 9.98. The highest BCUT2D eigenvalue weighted by atomic mass is 32.2. The molecule has 3 aromatic rings. The second-order valence-electron chi connectivity index (χ2n) is 11.3. The van der Waals surface area contributed by atoms with E-state index in [0.29, 0.717) is 22.8 Å². The van der Waals surface area contributed by atoms with Gasteiger partial charge in [-0.15, -0.1) is 0 Å². The number of carboxylic acids is 1. The number of aromatic nitrogens is 1. The maximum Gasteiger partial charge on any atom is 0.339 e. The molecule has 0 amide bonds. The van der Waals surface area contributed by atoms with Gasteiger partial charge in [0.2, 0.25) is 10.0 Å². The summed E-state index contributed by atoms with van der Waals surface area (Å²) in [5, 5.41) is 9.90. The van der Waals surface area contributed by atoms with Crippen LogP contribution in [0.4, 0.5) is 5.82 Å². The molecule has 1 saturated heterocycles. The van der Waals surface area contributed by atoms with Gasteiger partial charge in [0.1, 0.15) is 11.4 Å². The highest BCUT2D eigenvalue weighted by Crippen LogP contribution is 2.28. The van der Waals surface area contributed by atoms with Crippen molar-refractivity contribution in [1.29, 1.82) is 0 Å². The molecule has 10 heteroatoms. The van der Waals surface area contributed by atoms with Crippen molar-refractivity contribution in [2.45, 2.75) is 51.2 Å². The molecule has 0 radical (unpaired) electrons. The quantitative estimate of drug-likeness (QED) is 0.328. The van der Waals surface area contributed by atoms with Gasteiger partial charge in [-0.1, -0.05) is 63.2 Å². The molecule has 4 rings (SSSR count). The second kappa shape index (κ2) is 13.8. The lowest BCUT2D eigenvalue weighted by Crippen LogP contribution is -2.46. The number of sulfonamides is 1. The Bertz CT molecular complexity index is 1470. The summed E-state index contributed by atoms with van der Waals surface area (Å²) in [5.74, 6) is -0.240. The fourth-order valence-corrected chi connectivity index (χ4v) is 6.50. The van der Waals surface area contributed by atoms with E-state index >= 15 is 0 Å². The number of rotatable bonds is 12. The Morgan fingerprint density at radius 3 is 2.19 bits per heavy atom. The zero-order valence-electron chi connectivity index (χ0n) is 25.3. The van der Waals surface area contributed by atoms with Crippen molar-refractivity contribution in [2.24, 2.45) is 0 Å². The van der Waals surface area contributed by atoms with E-state index in [0.717, 1.165) is 56.9 Å². The second-order valence-corrected chi connectivity index (χ2v) is 13.5. The number of benzene rings is 2. The van der Waals surface area contributed by atoms with Crippen LogP contribution in [0.25, 0.3) is 0 Å². The molecule has 1 aliphatic rings. The van der Waals surface area contributed by atoms with Crippen molar-refractivity contribution < 1.29 is 18.3 Å². The van der Waals surface area contributed by atoms with Crippen LogP contribution in [-0.4, -0.2) is 85.4 Å². The monoisotopic (exact) mass is 593 g/mol. The number of pyridine rings is 1. The molecule has 0 unspecified atom stereocenters. The maximum atomic E-state index is 12.8. The Morgan fingerprint density at radius 2 is 1.60 bits per heavy atom. The molecule has 0 saturated carbocycles. The molecule has 0 bridgehead atoms. The SMILES string of the molecule is CCN(Cc1ccc(CN2CCN(c3nccc(C(C)C)c3C(=O)O)CC2)cc1)Cc1ccccc1S(=O)(=O)N(C)C. The molecular formula is C32H43N5O4S. The summed E-state index contributed by atoms with van der Waals surface area (Å²) in [4.78, 5) is 23.6. The minimum Gasteiger partial charge on any atom is -0.478 e. The Labute approximate surface area is 250 Å². The average molecular weight is 594 g/mol. The summed E-state index contributed by atoms with van der Waals surface area (Å²) in [7, 11) is -0.398. The first kappa shape index (κ1) is 31.6. The first-order chi connectivity index (χ1) is 20.0. The predicted octanol–water partition coefficient (Wildman–Crippen LogP) is 4.50. The summed E-state index contributed by atoms with van der Waals surface area (Å²) < 4.78 is 26.9. The molecule has 42 heavy (non-hydrogen) atoms. The Morgan fingerprint density at radius 1 is 0.952 bits per heavy atom. The third kappa shape index (κ3) is 7.36. The van der Waals surface area contributed by atoms with E-state index < -0.39 is 16.0 Å². The van der Waals surface area contributed by atoms with E-state index in [9.17, 15) is 18.3 Å². The van der Waals surface area contributed by atoms with Crippen LogP contribution >= 0.6 is 0 Å². The van der Waals surface area contributed by atoms with E-state index in [4.69, 9.17) is 0 Å². The summed E-state index contributed by atoms with van der Waals surface area (Å²) in [5.41, 5.74) is 4.34. The molecule has 2 heterocycles. The van der Waals surface area contributed by atoms with Crippen molar-refractivity contribution in [3.8, 4) is 0 Å². The average Bonchev–Trinajstić information content (AvgIpc) is 2.97. The van der Waals surface area contributed by atoms with Gasteiger partial charge in [0.25, 0.3) is 0 Å². The van der Waals surface area contributed by atoms with Crippen LogP contribution < -0.4 is 4.90 Å². The van der Waals surface area contributed by atoms with Gasteiger partial charge in [-0.2, -0.15) is 0 Å². The van der Waals surface area contributed by atoms with Crippen molar-refractivity contribution in [3.05, 3.63) is 88.6 Å². The summed E-state index contributed by atoms with van der Waals surface area (Å²) in [6.07, 6.45) is 1.72. The van der Waals surface area contributed by atoms with Gasteiger partial charge in [-0.05, 0) is 46.8 Å². The lowest BCUT2D eigenvalue weighted by Gasteiger charge is -2.36. The topological polar surface area (TPSA) is 97.3 Å². The van der Waals surface area contributed by atoms with E-state index in [-0.39, 0.29) is 5.92 Å². The van der Waals surface area contributed by atoms with Crippen molar-refractivity contribution >= 4 is 21.8 Å². The summed E-state index contributed by atoms with van der Waals surface area (Å²) >= 11 is 0. The van der Waals surface area contributed by atoms with Crippen LogP contribution in [0, 0.1) is 0 Å². The normalized spacial score (nSPS) is 14.7. The summed E-state index contributed by atoms with van der Waals surface area (Å²) in [6.45, 7) is 12.1. The molecule has 1 aromatic heterocycles. The Kier molecular flexibility index (Phi) is 10.4. The number of nitrogens with zero attached hydrogens (tertiary/aromatic N) is 5. The number of hydrogen-bond acceptors (Lipinski definition) is 7. The Balaban J connectivity index is 1.35. The minimum atomic E-state index is -3.52. The van der Waals surface area contributed by atoms with Gasteiger partial charge in [-0.3, -0.25) is 9.80 Å². The fraction of sp³-hybridized carbons (Fsp3) is 0.438. The molecule has 1 N–H and O–H groups in total. The van der Waals surface area contributed by atoms with Crippen LogP contribution in [0.2, 0.25) is 0 Å². The molecule has 1 fully saturated rings. The van der Waals surface area contributed by atoms with Crippen LogP contribution in [0.15, 0.2) is 65.7 Å². The van der Waals surface area contributed by atoms with Crippen LogP contribution in [-0.2, 0) is 29.7 Å². The first-order valence-corrected chi connectivity index (χ1v) is 15.9. The third-order valence-electron chi connectivity index (χ3n) is 7.88. The van der Waals surface area contributed by atoms with Gasteiger partial charge in [0.15, 0.2) is 0 Å². The summed E-state index contributed by atoms with van der Waals surface area (Å²) in [6, 6.07) is 17.7. The molecule has 0 spiro atoms. The predicted molar refractivity (Wildman–Crippen MR) is 166 cm³/mol. The number of aromatic carboxylic acids is 1. The zero-order valence-corrected chi connectivity index (χ0v) is 26.1. The molecular weight excluding hydrogens is 550 g/mol. The van der Waals surface area contributed by atoms with Crippen molar-refractivity contribution in [2.75, 3.05) is 51.7 Å². The van der Waals surface area contributed by atoms with E-state index in [1.807, 2.05) is 32.0 Å². The molecule has 1 aliphatic heterocycles. The molecule has 0 atom stereocenters. The van der Waals surface area contributed by atoms with Crippen LogP contribution in [0.3, 0.4) is 0 Å². The van der Waals surface area contributed by atoms with Gasteiger partial charge in [-0.25, -0.2) is 22.5 Å². The van der Waals surface area contributed by atoms with E-state index in [1.165, 1.54) is 15.4 Å². The smallest absolute Gasteiger partial charge is 0.339 e. The third-order valence-corrected chi connectivity index (χ3v) is 9.79. The van der Waals surface area contributed by atoms with Crippen LogP contribution in [0.1, 0.15) is 59.3 Å². The van der Waals surface area contributed by atoms with Gasteiger partial charge in [0, 0.05) is 66.1 Å². The molecule has 226 valence electrons. The molecule has 9 nitrogen and oxygen atoms in total. The fourth-order valence-electron chi connectivity index (χ4n) is 5.39. The highest BCUT2D eigenvalue weighted by Gasteiger charge is 2.26. The molecule has 2 aromatic carbocycles. The number of carbonyl (C=O) groups is 1. The number of hydrogen-bond donors (Lipinski definition) is 1. The van der Waals surface area contributed by atoms with E-state index in [1.54, 1.807) is 32.4 Å². The van der Waals surface area contributed by atoms with Crippen molar-refractivity contribution in [3.63, 3.8) is 0 Å². The minimum absolute atomic E-state index is 0.113. The maximum absolute atomic E-state index is 12.8. The number of anilines is 1. The number of carboxylic acid groups (broad SMARTS) is 1. The first-order valence-electron chi connectivity index (χ1n) is 14.5. The van der Waals surface area contributed by atoms with Gasteiger partial charge >= 0.3 is 5.97 Å². The van der Waals surface area contributed by atoms with Crippen molar-refractivity contribution in [1.82, 2.24) is 19.1 Å². The van der Waals surface area contributed by atoms with Gasteiger partial charge < -0.3 is 10.0 Å². The Hall–Kier alpha value is -3.31. The number of piperazine rings is 1. The largest absolute Gasteiger partial charge is 0.478 e. The standard InChI is InChI=1S/C32H43N5O4S/c1-6-35(23-27-9-7-8-10-29(27)42(40,41)34(4)5)21-25-11-13-26(14-12-25)22-36-17-19-37(20-18-36)31-30(32(38)39)28(24(2)3)15-16-33-31/h7-16,24H,6,17-23H2,1-5H3,(H,38,39). The lowest BCUT2D eigenvalue weighted by molar-refractivity contribution is 0.0695. The van der Waals surface area contributed by atoms with Gasteiger partial charge in [0.05, 0.1) is 4.90 Å². The molecule has 0 aliphatic carbocycles. The zero-order chi connectivity index (χ0) is 30.4. The van der Waals surface area contributed by atoms with Crippen LogP contribution in [0.5, 0.6) is 0 Å².